The largest absolute Gasteiger partial charge is 0.481 e. The van der Waals surface area contributed by atoms with Crippen LogP contribution in [0.25, 0.3) is 0 Å². The Balaban J connectivity index is 2.80. The fourth-order valence-electron chi connectivity index (χ4n) is 1.26. The van der Waals surface area contributed by atoms with Crippen LogP contribution in [-0.4, -0.2) is 35.8 Å². The zero-order chi connectivity index (χ0) is 12.8. The molecule has 0 fully saturated rings. The minimum absolute atomic E-state index is 0.213. The number of aliphatic hydroxyl groups excluding tert-OH is 1. The minimum Gasteiger partial charge on any atom is -0.481 e. The normalized spacial score (nSPS) is 13.9. The van der Waals surface area contributed by atoms with Crippen molar-refractivity contribution in [1.29, 1.82) is 0 Å². The second-order valence-corrected chi connectivity index (χ2v) is 3.33. The Kier molecular flexibility index (Phi) is 4.86. The monoisotopic (exact) mass is 240 g/mol. The van der Waals surface area contributed by atoms with Crippen molar-refractivity contribution in [2.75, 3.05) is 13.7 Å². The van der Waals surface area contributed by atoms with Gasteiger partial charge < -0.3 is 20.3 Å². The average Bonchev–Trinajstić information content (AvgIpc) is 2.37. The number of nitrogens with zero attached hydrogens (tertiary/aromatic N) is 1. The lowest BCUT2D eigenvalue weighted by atomic mass is 10.1. The van der Waals surface area contributed by atoms with E-state index in [0.717, 1.165) is 0 Å². The number of rotatable bonds is 5. The molecule has 1 heterocycles. The van der Waals surface area contributed by atoms with E-state index < -0.39 is 18.1 Å². The van der Waals surface area contributed by atoms with Crippen molar-refractivity contribution in [3.8, 4) is 5.88 Å². The first kappa shape index (κ1) is 13.4. The van der Waals surface area contributed by atoms with Gasteiger partial charge >= 0.3 is 5.97 Å². The summed E-state index contributed by atoms with van der Waals surface area (Å²) in [4.78, 5) is 15.3. The first-order chi connectivity index (χ1) is 8.10. The molecule has 0 saturated carbocycles. The summed E-state index contributed by atoms with van der Waals surface area (Å²) in [6, 6.07) is 3.69. The van der Waals surface area contributed by atoms with Gasteiger partial charge in [-0.3, -0.25) is 4.79 Å². The molecule has 0 aliphatic carbocycles. The highest BCUT2D eigenvalue weighted by Gasteiger charge is 2.26. The molecule has 0 radical (unpaired) electrons. The van der Waals surface area contributed by atoms with E-state index >= 15 is 0 Å². The second-order valence-electron chi connectivity index (χ2n) is 3.33. The molecule has 6 heteroatoms. The zero-order valence-electron chi connectivity index (χ0n) is 9.79. The third-order valence-corrected chi connectivity index (χ3v) is 2.16. The Hall–Kier alpha value is -1.66. The molecule has 2 atom stereocenters. The molecule has 0 unspecified atom stereocenters. The number of carbonyl (C=O) groups excluding carboxylic acids is 1. The number of carbonyl (C=O) groups is 1. The minimum atomic E-state index is -1.22. The maximum atomic E-state index is 11.3. The Morgan fingerprint density at radius 1 is 1.59 bits per heavy atom. The fraction of sp³-hybridized carbons (Fsp3) is 0.455. The van der Waals surface area contributed by atoms with Crippen LogP contribution >= 0.6 is 0 Å². The van der Waals surface area contributed by atoms with Gasteiger partial charge in [0.25, 0.3) is 0 Å². The fourth-order valence-corrected chi connectivity index (χ4v) is 1.26. The third-order valence-electron chi connectivity index (χ3n) is 2.16. The van der Waals surface area contributed by atoms with Gasteiger partial charge in [0.05, 0.1) is 19.4 Å². The maximum Gasteiger partial charge on any atom is 0.326 e. The van der Waals surface area contributed by atoms with E-state index in [1.165, 1.54) is 7.11 Å². The number of ether oxygens (including phenoxy) is 2. The van der Waals surface area contributed by atoms with Gasteiger partial charge in [0.15, 0.2) is 0 Å². The number of methoxy groups -OCH3 is 1. The number of pyridine rings is 1. The van der Waals surface area contributed by atoms with Crippen LogP contribution in [0.15, 0.2) is 18.2 Å². The maximum absolute atomic E-state index is 11.3. The molecule has 0 bridgehead atoms. The summed E-state index contributed by atoms with van der Waals surface area (Å²) in [5, 5.41) is 9.86. The molecule has 3 N–H and O–H groups in total. The van der Waals surface area contributed by atoms with E-state index in [4.69, 9.17) is 15.2 Å². The molecule has 0 saturated heterocycles. The predicted molar refractivity (Wildman–Crippen MR) is 60.4 cm³/mol. The molecule has 1 aromatic heterocycles. The zero-order valence-corrected chi connectivity index (χ0v) is 9.79. The quantitative estimate of drug-likeness (QED) is 0.704. The van der Waals surface area contributed by atoms with Crippen LogP contribution in [0.4, 0.5) is 0 Å². The third kappa shape index (κ3) is 3.40. The van der Waals surface area contributed by atoms with Crippen molar-refractivity contribution < 1.29 is 19.4 Å². The highest BCUT2D eigenvalue weighted by Crippen LogP contribution is 2.17. The van der Waals surface area contributed by atoms with Crippen molar-refractivity contribution in [2.45, 2.75) is 19.1 Å². The van der Waals surface area contributed by atoms with Crippen LogP contribution in [0, 0.1) is 0 Å². The molecule has 94 valence electrons. The molecule has 0 spiro atoms. The smallest absolute Gasteiger partial charge is 0.326 e. The molecule has 0 amide bonds. The van der Waals surface area contributed by atoms with Gasteiger partial charge in [-0.2, -0.15) is 0 Å². The molecule has 0 aliphatic heterocycles. The summed E-state index contributed by atoms with van der Waals surface area (Å²) in [6.45, 7) is 1.88. The van der Waals surface area contributed by atoms with E-state index in [-0.39, 0.29) is 12.3 Å². The lowest BCUT2D eigenvalue weighted by Gasteiger charge is -2.17. The molecule has 0 aromatic carbocycles. The van der Waals surface area contributed by atoms with Gasteiger partial charge in [-0.1, -0.05) is 6.07 Å². The van der Waals surface area contributed by atoms with E-state index in [1.54, 1.807) is 25.1 Å². The van der Waals surface area contributed by atoms with Crippen molar-refractivity contribution in [3.05, 3.63) is 23.9 Å². The number of esters is 1. The van der Waals surface area contributed by atoms with Crippen LogP contribution in [0.3, 0.4) is 0 Å². The Morgan fingerprint density at radius 3 is 2.88 bits per heavy atom. The van der Waals surface area contributed by atoms with Crippen molar-refractivity contribution in [2.24, 2.45) is 5.73 Å². The molecule has 0 aliphatic rings. The topological polar surface area (TPSA) is 94.7 Å². The summed E-state index contributed by atoms with van der Waals surface area (Å²) in [5.41, 5.74) is 5.83. The number of aliphatic hydroxyl groups is 1. The van der Waals surface area contributed by atoms with Gasteiger partial charge in [0.2, 0.25) is 5.88 Å². The molecule has 17 heavy (non-hydrogen) atoms. The Morgan fingerprint density at radius 2 is 2.29 bits per heavy atom. The summed E-state index contributed by atoms with van der Waals surface area (Å²) in [5.74, 6) is -0.317. The Labute approximate surface area is 99.4 Å². The summed E-state index contributed by atoms with van der Waals surface area (Å²) >= 11 is 0. The Bertz CT molecular complexity index is 383. The lowest BCUT2D eigenvalue weighted by molar-refractivity contribution is -0.147. The van der Waals surface area contributed by atoms with Crippen molar-refractivity contribution in [1.82, 2.24) is 4.98 Å². The van der Waals surface area contributed by atoms with Gasteiger partial charge in [-0.25, -0.2) is 4.98 Å². The van der Waals surface area contributed by atoms with Crippen LogP contribution in [0.2, 0.25) is 0 Å². The number of hydrogen-bond acceptors (Lipinski definition) is 6. The number of nitrogens with two attached hydrogens (primary N) is 1. The molecule has 1 aromatic rings. The van der Waals surface area contributed by atoms with Crippen LogP contribution in [0.1, 0.15) is 18.7 Å². The van der Waals surface area contributed by atoms with Gasteiger partial charge in [-0.15, -0.1) is 0 Å². The van der Waals surface area contributed by atoms with E-state index in [9.17, 15) is 9.90 Å². The van der Waals surface area contributed by atoms with Gasteiger partial charge in [0.1, 0.15) is 12.1 Å². The van der Waals surface area contributed by atoms with E-state index in [0.29, 0.717) is 5.88 Å². The van der Waals surface area contributed by atoms with Gasteiger partial charge in [-0.05, 0) is 13.0 Å². The van der Waals surface area contributed by atoms with Crippen LogP contribution in [0.5, 0.6) is 5.88 Å². The molecule has 1 rings (SSSR count). The van der Waals surface area contributed by atoms with Gasteiger partial charge in [0, 0.05) is 6.07 Å². The molecule has 6 nitrogen and oxygen atoms in total. The molecular weight excluding hydrogens is 224 g/mol. The second kappa shape index (κ2) is 6.17. The highest BCUT2D eigenvalue weighted by molar-refractivity contribution is 5.76. The number of hydrogen-bond donors (Lipinski definition) is 2. The first-order valence-corrected chi connectivity index (χ1v) is 5.21. The SMILES string of the molecule is CCOC(=O)[C@H](N)[C@@H](O)c1cccc(OC)n1. The summed E-state index contributed by atoms with van der Waals surface area (Å²) in [7, 11) is 1.46. The average molecular weight is 240 g/mol. The molecular formula is C11H16N2O4. The van der Waals surface area contributed by atoms with Crippen molar-refractivity contribution in [3.63, 3.8) is 0 Å². The highest BCUT2D eigenvalue weighted by atomic mass is 16.5. The summed E-state index contributed by atoms with van der Waals surface area (Å²) in [6.07, 6.45) is -1.22. The lowest BCUT2D eigenvalue weighted by Crippen LogP contribution is -2.38. The summed E-state index contributed by atoms with van der Waals surface area (Å²) < 4.78 is 9.63. The predicted octanol–water partition coefficient (Wildman–Crippen LogP) is 0.0140. The first-order valence-electron chi connectivity index (χ1n) is 5.21. The standard InChI is InChI=1S/C11H16N2O4/c1-3-17-11(15)9(12)10(14)7-5-4-6-8(13-7)16-2/h4-6,9-10,14H,3,12H2,1-2H3/t9-,10+/m1/s1. The van der Waals surface area contributed by atoms with E-state index in [2.05, 4.69) is 4.98 Å². The van der Waals surface area contributed by atoms with Crippen molar-refractivity contribution >= 4 is 5.97 Å². The van der Waals surface area contributed by atoms with Crippen LogP contribution < -0.4 is 10.5 Å². The van der Waals surface area contributed by atoms with Crippen LogP contribution in [-0.2, 0) is 9.53 Å². The number of aromatic nitrogens is 1. The van der Waals surface area contributed by atoms with E-state index in [1.807, 2.05) is 0 Å².